The average molecular weight is 159 g/mol. The zero-order chi connectivity index (χ0) is 8.27. The molecule has 0 heterocycles. The average Bonchev–Trinajstić information content (AvgIpc) is 2.05. The van der Waals surface area contributed by atoms with E-state index in [0.29, 0.717) is 6.04 Å². The largest absolute Gasteiger partial charge is 0.394 e. The van der Waals surface area contributed by atoms with Gasteiger partial charge in [0.1, 0.15) is 0 Å². The first-order valence-electron chi connectivity index (χ1n) is 4.28. The predicted molar refractivity (Wildman–Crippen MR) is 43.0 cm³/mol. The van der Waals surface area contributed by atoms with Crippen molar-refractivity contribution in [3.8, 4) is 0 Å². The Morgan fingerprint density at radius 3 is 2.27 bits per heavy atom. The minimum Gasteiger partial charge on any atom is -0.394 e. The minimum atomic E-state index is -0.525. The fourth-order valence-corrected chi connectivity index (χ4v) is 1.68. The summed E-state index contributed by atoms with van der Waals surface area (Å²) in [5.41, 5.74) is 5.69. The topological polar surface area (TPSA) is 66.5 Å². The lowest BCUT2D eigenvalue weighted by atomic mass is 9.83. The number of hydrogen-bond acceptors (Lipinski definition) is 3. The van der Waals surface area contributed by atoms with Crippen LogP contribution in [-0.2, 0) is 0 Å². The second-order valence-electron chi connectivity index (χ2n) is 3.42. The Hall–Kier alpha value is -0.120. The summed E-state index contributed by atoms with van der Waals surface area (Å²) >= 11 is 0. The lowest BCUT2D eigenvalue weighted by Crippen LogP contribution is -2.33. The molecule has 1 aliphatic carbocycles. The van der Waals surface area contributed by atoms with Crippen LogP contribution >= 0.6 is 0 Å². The van der Waals surface area contributed by atoms with Gasteiger partial charge in [0, 0.05) is 6.04 Å². The molecule has 1 atom stereocenters. The molecule has 3 nitrogen and oxygen atoms in total. The van der Waals surface area contributed by atoms with Gasteiger partial charge in [-0.1, -0.05) is 0 Å². The van der Waals surface area contributed by atoms with Crippen molar-refractivity contribution in [3.05, 3.63) is 0 Å². The van der Waals surface area contributed by atoms with Gasteiger partial charge in [0.15, 0.2) is 0 Å². The molecule has 0 aromatic heterocycles. The lowest BCUT2D eigenvalue weighted by molar-refractivity contribution is 0.0305. The second kappa shape index (κ2) is 4.04. The van der Waals surface area contributed by atoms with E-state index in [0.717, 1.165) is 25.7 Å². The van der Waals surface area contributed by atoms with Crippen LogP contribution in [0.25, 0.3) is 0 Å². The van der Waals surface area contributed by atoms with Crippen molar-refractivity contribution in [2.24, 2.45) is 11.7 Å². The lowest BCUT2D eigenvalue weighted by Gasteiger charge is -2.28. The van der Waals surface area contributed by atoms with E-state index in [4.69, 9.17) is 10.8 Å². The highest BCUT2D eigenvalue weighted by molar-refractivity contribution is 4.78. The molecule has 3 heteroatoms. The molecule has 11 heavy (non-hydrogen) atoms. The smallest absolute Gasteiger partial charge is 0.0799 e. The number of hydrogen-bond donors (Lipinski definition) is 3. The Morgan fingerprint density at radius 1 is 1.27 bits per heavy atom. The molecular formula is C8H17NO2. The van der Waals surface area contributed by atoms with Gasteiger partial charge in [-0.25, -0.2) is 0 Å². The Morgan fingerprint density at radius 2 is 1.82 bits per heavy atom. The molecule has 0 aromatic carbocycles. The molecule has 0 aromatic rings. The van der Waals surface area contributed by atoms with Crippen molar-refractivity contribution in [2.75, 3.05) is 6.61 Å². The maximum absolute atomic E-state index is 9.28. The van der Waals surface area contributed by atoms with E-state index < -0.39 is 6.10 Å². The van der Waals surface area contributed by atoms with Crippen LogP contribution in [0.15, 0.2) is 0 Å². The molecule has 0 amide bonds. The molecule has 0 saturated heterocycles. The predicted octanol–water partition coefficient (Wildman–Crippen LogP) is -0.143. The molecule has 1 saturated carbocycles. The zero-order valence-electron chi connectivity index (χ0n) is 6.74. The van der Waals surface area contributed by atoms with E-state index in [9.17, 15) is 5.11 Å². The Bertz CT molecular complexity index is 111. The van der Waals surface area contributed by atoms with Gasteiger partial charge >= 0.3 is 0 Å². The van der Waals surface area contributed by atoms with E-state index in [1.165, 1.54) is 0 Å². The van der Waals surface area contributed by atoms with Gasteiger partial charge in [0.25, 0.3) is 0 Å². The first-order valence-corrected chi connectivity index (χ1v) is 4.28. The SMILES string of the molecule is NC1CCC(C(O)CO)CC1. The van der Waals surface area contributed by atoms with E-state index >= 15 is 0 Å². The van der Waals surface area contributed by atoms with Gasteiger partial charge in [0.2, 0.25) is 0 Å². The third-order valence-electron chi connectivity index (χ3n) is 2.55. The molecule has 1 rings (SSSR count). The number of rotatable bonds is 2. The standard InChI is InChI=1S/C8H17NO2/c9-7-3-1-6(2-4-7)8(11)5-10/h6-8,10-11H,1-5,9H2. The van der Waals surface area contributed by atoms with Crippen LogP contribution in [0.3, 0.4) is 0 Å². The highest BCUT2D eigenvalue weighted by atomic mass is 16.3. The van der Waals surface area contributed by atoms with Crippen LogP contribution < -0.4 is 5.73 Å². The fourth-order valence-electron chi connectivity index (χ4n) is 1.68. The first-order chi connectivity index (χ1) is 5.24. The van der Waals surface area contributed by atoms with Crippen LogP contribution in [0, 0.1) is 5.92 Å². The Kier molecular flexibility index (Phi) is 3.30. The van der Waals surface area contributed by atoms with E-state index in [1.807, 2.05) is 0 Å². The van der Waals surface area contributed by atoms with Crippen molar-refractivity contribution < 1.29 is 10.2 Å². The molecule has 4 N–H and O–H groups in total. The van der Waals surface area contributed by atoms with E-state index in [2.05, 4.69) is 0 Å². The molecular weight excluding hydrogens is 142 g/mol. The van der Waals surface area contributed by atoms with Crippen LogP contribution in [0.2, 0.25) is 0 Å². The molecule has 0 spiro atoms. The third-order valence-corrected chi connectivity index (χ3v) is 2.55. The number of nitrogens with two attached hydrogens (primary N) is 1. The van der Waals surface area contributed by atoms with Gasteiger partial charge in [-0.2, -0.15) is 0 Å². The summed E-state index contributed by atoms with van der Waals surface area (Å²) in [4.78, 5) is 0. The molecule has 66 valence electrons. The molecule has 0 radical (unpaired) electrons. The molecule has 1 unspecified atom stereocenters. The molecule has 0 bridgehead atoms. The first kappa shape index (κ1) is 8.97. The summed E-state index contributed by atoms with van der Waals surface area (Å²) < 4.78 is 0. The van der Waals surface area contributed by atoms with E-state index in [-0.39, 0.29) is 12.5 Å². The van der Waals surface area contributed by atoms with Crippen molar-refractivity contribution in [2.45, 2.75) is 37.8 Å². The molecule has 0 aliphatic heterocycles. The van der Waals surface area contributed by atoms with Crippen molar-refractivity contribution in [1.82, 2.24) is 0 Å². The Balaban J connectivity index is 2.27. The molecule has 1 fully saturated rings. The van der Waals surface area contributed by atoms with Gasteiger partial charge < -0.3 is 15.9 Å². The van der Waals surface area contributed by atoms with Crippen LogP contribution in [0.4, 0.5) is 0 Å². The van der Waals surface area contributed by atoms with Gasteiger partial charge in [0.05, 0.1) is 12.7 Å². The maximum Gasteiger partial charge on any atom is 0.0799 e. The Labute approximate surface area is 67.2 Å². The highest BCUT2D eigenvalue weighted by Gasteiger charge is 2.23. The summed E-state index contributed by atoms with van der Waals surface area (Å²) in [5, 5.41) is 17.9. The summed E-state index contributed by atoms with van der Waals surface area (Å²) in [6, 6.07) is 0.317. The van der Waals surface area contributed by atoms with Crippen molar-refractivity contribution in [1.29, 1.82) is 0 Å². The highest BCUT2D eigenvalue weighted by Crippen LogP contribution is 2.25. The van der Waals surface area contributed by atoms with Gasteiger partial charge in [-0.15, -0.1) is 0 Å². The van der Waals surface area contributed by atoms with Gasteiger partial charge in [-0.05, 0) is 31.6 Å². The van der Waals surface area contributed by atoms with Crippen molar-refractivity contribution in [3.63, 3.8) is 0 Å². The van der Waals surface area contributed by atoms with Crippen LogP contribution in [-0.4, -0.2) is 29.0 Å². The number of aliphatic hydroxyl groups is 2. The fraction of sp³-hybridized carbons (Fsp3) is 1.00. The minimum absolute atomic E-state index is 0.111. The van der Waals surface area contributed by atoms with Crippen molar-refractivity contribution >= 4 is 0 Å². The monoisotopic (exact) mass is 159 g/mol. The quantitative estimate of drug-likeness (QED) is 0.525. The zero-order valence-corrected chi connectivity index (χ0v) is 6.74. The van der Waals surface area contributed by atoms with Crippen LogP contribution in [0.5, 0.6) is 0 Å². The maximum atomic E-state index is 9.28. The van der Waals surface area contributed by atoms with Crippen LogP contribution in [0.1, 0.15) is 25.7 Å². The summed E-state index contributed by atoms with van der Waals surface area (Å²) in [7, 11) is 0. The third kappa shape index (κ3) is 2.43. The van der Waals surface area contributed by atoms with E-state index in [1.54, 1.807) is 0 Å². The second-order valence-corrected chi connectivity index (χ2v) is 3.42. The molecule has 1 aliphatic rings. The normalized spacial score (nSPS) is 35.2. The summed E-state index contributed by atoms with van der Waals surface area (Å²) in [5.74, 6) is 0.278. The summed E-state index contributed by atoms with van der Waals surface area (Å²) in [6.45, 7) is -0.111. The van der Waals surface area contributed by atoms with Gasteiger partial charge in [-0.3, -0.25) is 0 Å². The number of aliphatic hydroxyl groups excluding tert-OH is 2. The summed E-state index contributed by atoms with van der Waals surface area (Å²) in [6.07, 6.45) is 3.37.